The second-order valence-corrected chi connectivity index (χ2v) is 4.53. The molecule has 0 bridgehead atoms. The fourth-order valence-corrected chi connectivity index (χ4v) is 1.27. The fourth-order valence-electron chi connectivity index (χ4n) is 1.14. The van der Waals surface area contributed by atoms with Gasteiger partial charge in [0.05, 0.1) is 7.11 Å². The molecular formula is C13H15ClO3. The SMILES string of the molecule is C=C(Oc1ccc(Cl)cc1)C(C)(C)C(=O)OC. The minimum absolute atomic E-state index is 0.326. The number of carbonyl (C=O) groups is 1. The molecule has 0 saturated heterocycles. The van der Waals surface area contributed by atoms with Crippen molar-refractivity contribution in [3.63, 3.8) is 0 Å². The number of esters is 1. The third-order valence-corrected chi connectivity index (χ3v) is 2.70. The zero-order chi connectivity index (χ0) is 13.1. The van der Waals surface area contributed by atoms with Gasteiger partial charge in [0.1, 0.15) is 16.9 Å². The zero-order valence-corrected chi connectivity index (χ0v) is 10.9. The van der Waals surface area contributed by atoms with Gasteiger partial charge in [-0.05, 0) is 38.1 Å². The van der Waals surface area contributed by atoms with E-state index in [2.05, 4.69) is 6.58 Å². The van der Waals surface area contributed by atoms with Crippen LogP contribution < -0.4 is 4.74 Å². The van der Waals surface area contributed by atoms with Gasteiger partial charge in [0.2, 0.25) is 0 Å². The van der Waals surface area contributed by atoms with Crippen molar-refractivity contribution in [3.05, 3.63) is 41.6 Å². The van der Waals surface area contributed by atoms with Crippen molar-refractivity contribution in [1.82, 2.24) is 0 Å². The van der Waals surface area contributed by atoms with Gasteiger partial charge in [0, 0.05) is 5.02 Å². The van der Waals surface area contributed by atoms with Crippen molar-refractivity contribution in [2.75, 3.05) is 7.11 Å². The number of benzene rings is 1. The van der Waals surface area contributed by atoms with Gasteiger partial charge in [-0.1, -0.05) is 18.2 Å². The van der Waals surface area contributed by atoms with Crippen molar-refractivity contribution < 1.29 is 14.3 Å². The third-order valence-electron chi connectivity index (χ3n) is 2.45. The van der Waals surface area contributed by atoms with E-state index in [-0.39, 0.29) is 0 Å². The minimum Gasteiger partial charge on any atom is -0.468 e. The number of hydrogen-bond acceptors (Lipinski definition) is 3. The number of hydrogen-bond donors (Lipinski definition) is 0. The van der Waals surface area contributed by atoms with Crippen LogP contribution in [0, 0.1) is 5.41 Å². The lowest BCUT2D eigenvalue weighted by molar-refractivity contribution is -0.149. The van der Waals surface area contributed by atoms with Crippen LogP contribution in [-0.2, 0) is 9.53 Å². The van der Waals surface area contributed by atoms with E-state index in [1.807, 2.05) is 0 Å². The maximum atomic E-state index is 11.5. The van der Waals surface area contributed by atoms with Gasteiger partial charge in [-0.2, -0.15) is 0 Å². The highest BCUT2D eigenvalue weighted by Crippen LogP contribution is 2.29. The second-order valence-electron chi connectivity index (χ2n) is 4.10. The van der Waals surface area contributed by atoms with Gasteiger partial charge in [-0.25, -0.2) is 0 Å². The van der Waals surface area contributed by atoms with Crippen LogP contribution in [0.3, 0.4) is 0 Å². The molecule has 0 fully saturated rings. The van der Waals surface area contributed by atoms with Crippen molar-refractivity contribution >= 4 is 17.6 Å². The maximum Gasteiger partial charge on any atom is 0.318 e. The zero-order valence-electron chi connectivity index (χ0n) is 10.1. The van der Waals surface area contributed by atoms with Crippen molar-refractivity contribution in [2.24, 2.45) is 5.41 Å². The molecule has 0 radical (unpaired) electrons. The van der Waals surface area contributed by atoms with Crippen molar-refractivity contribution in [3.8, 4) is 5.75 Å². The monoisotopic (exact) mass is 254 g/mol. The van der Waals surface area contributed by atoms with Gasteiger partial charge in [-0.15, -0.1) is 0 Å². The molecule has 3 nitrogen and oxygen atoms in total. The first-order valence-corrected chi connectivity index (χ1v) is 5.47. The minimum atomic E-state index is -0.894. The average molecular weight is 255 g/mol. The Kier molecular flexibility index (Phi) is 4.18. The molecule has 1 rings (SSSR count). The van der Waals surface area contributed by atoms with Gasteiger partial charge < -0.3 is 9.47 Å². The highest BCUT2D eigenvalue weighted by atomic mass is 35.5. The average Bonchev–Trinajstić information content (AvgIpc) is 2.30. The van der Waals surface area contributed by atoms with E-state index < -0.39 is 11.4 Å². The maximum absolute atomic E-state index is 11.5. The first-order valence-electron chi connectivity index (χ1n) is 5.09. The summed E-state index contributed by atoms with van der Waals surface area (Å²) in [4.78, 5) is 11.5. The first-order chi connectivity index (χ1) is 7.87. The molecule has 0 amide bonds. The molecule has 0 atom stereocenters. The molecule has 0 heterocycles. The highest BCUT2D eigenvalue weighted by Gasteiger charge is 2.34. The van der Waals surface area contributed by atoms with Crippen LogP contribution in [0.2, 0.25) is 5.02 Å². The molecule has 0 saturated carbocycles. The summed E-state index contributed by atoms with van der Waals surface area (Å²) in [6, 6.07) is 6.83. The summed E-state index contributed by atoms with van der Waals surface area (Å²) in [6.07, 6.45) is 0. The Bertz CT molecular complexity index is 421. The number of halogens is 1. The molecule has 4 heteroatoms. The van der Waals surface area contributed by atoms with Crippen LogP contribution in [-0.4, -0.2) is 13.1 Å². The predicted octanol–water partition coefficient (Wildman–Crippen LogP) is 3.43. The Hall–Kier alpha value is -1.48. The van der Waals surface area contributed by atoms with Crippen LogP contribution in [0.1, 0.15) is 13.8 Å². The van der Waals surface area contributed by atoms with Crippen LogP contribution in [0.5, 0.6) is 5.75 Å². The van der Waals surface area contributed by atoms with Crippen LogP contribution in [0.4, 0.5) is 0 Å². The second kappa shape index (κ2) is 5.23. The molecule has 0 spiro atoms. The van der Waals surface area contributed by atoms with Crippen LogP contribution in [0.15, 0.2) is 36.6 Å². The lowest BCUT2D eigenvalue weighted by Crippen LogP contribution is -2.29. The lowest BCUT2D eigenvalue weighted by atomic mass is 9.92. The molecule has 92 valence electrons. The molecule has 17 heavy (non-hydrogen) atoms. The van der Waals surface area contributed by atoms with Gasteiger partial charge in [-0.3, -0.25) is 4.79 Å². The molecule has 0 aromatic heterocycles. The Morgan fingerprint density at radius 1 is 1.29 bits per heavy atom. The molecule has 0 aliphatic heterocycles. The summed E-state index contributed by atoms with van der Waals surface area (Å²) in [6.45, 7) is 7.14. The number of ether oxygens (including phenoxy) is 2. The fraction of sp³-hybridized carbons (Fsp3) is 0.308. The van der Waals surface area contributed by atoms with Crippen LogP contribution in [0.25, 0.3) is 0 Å². The van der Waals surface area contributed by atoms with E-state index in [9.17, 15) is 4.79 Å². The van der Waals surface area contributed by atoms with Gasteiger partial charge in [0.15, 0.2) is 0 Å². The summed E-state index contributed by atoms with van der Waals surface area (Å²) in [5, 5.41) is 0.621. The van der Waals surface area contributed by atoms with E-state index in [0.29, 0.717) is 16.5 Å². The number of carbonyl (C=O) groups excluding carboxylic acids is 1. The standard InChI is InChI=1S/C13H15ClO3/c1-9(13(2,3)12(15)16-4)17-11-7-5-10(14)6-8-11/h5-8H,1H2,2-4H3. The molecular weight excluding hydrogens is 240 g/mol. The van der Waals surface area contributed by atoms with Crippen LogP contribution >= 0.6 is 11.6 Å². The smallest absolute Gasteiger partial charge is 0.318 e. The van der Waals surface area contributed by atoms with E-state index in [4.69, 9.17) is 21.1 Å². The first kappa shape index (κ1) is 13.6. The molecule has 1 aromatic carbocycles. The van der Waals surface area contributed by atoms with Crippen molar-refractivity contribution in [2.45, 2.75) is 13.8 Å². The van der Waals surface area contributed by atoms with Crippen molar-refractivity contribution in [1.29, 1.82) is 0 Å². The van der Waals surface area contributed by atoms with E-state index >= 15 is 0 Å². The highest BCUT2D eigenvalue weighted by molar-refractivity contribution is 6.30. The summed E-state index contributed by atoms with van der Waals surface area (Å²) in [5.41, 5.74) is -0.894. The Morgan fingerprint density at radius 2 is 1.82 bits per heavy atom. The largest absolute Gasteiger partial charge is 0.468 e. The molecule has 0 N–H and O–H groups in total. The van der Waals surface area contributed by atoms with Gasteiger partial charge in [0.25, 0.3) is 0 Å². The Labute approximate surface area is 106 Å². The topological polar surface area (TPSA) is 35.5 Å². The molecule has 0 aliphatic carbocycles. The third kappa shape index (κ3) is 3.24. The predicted molar refractivity (Wildman–Crippen MR) is 67.0 cm³/mol. The molecule has 1 aromatic rings. The Morgan fingerprint density at radius 3 is 2.29 bits per heavy atom. The lowest BCUT2D eigenvalue weighted by Gasteiger charge is -2.23. The number of rotatable bonds is 4. The normalized spacial score (nSPS) is 10.8. The summed E-state index contributed by atoms with van der Waals surface area (Å²) < 4.78 is 10.2. The quantitative estimate of drug-likeness (QED) is 0.610. The Balaban J connectivity index is 2.79. The summed E-state index contributed by atoms with van der Waals surface area (Å²) in [7, 11) is 1.33. The summed E-state index contributed by atoms with van der Waals surface area (Å²) in [5.74, 6) is 0.513. The molecule has 0 unspecified atom stereocenters. The van der Waals surface area contributed by atoms with Gasteiger partial charge >= 0.3 is 5.97 Å². The van der Waals surface area contributed by atoms with E-state index in [1.54, 1.807) is 38.1 Å². The summed E-state index contributed by atoms with van der Waals surface area (Å²) >= 11 is 5.76. The molecule has 0 aliphatic rings. The number of methoxy groups -OCH3 is 1. The van der Waals surface area contributed by atoms with E-state index in [0.717, 1.165) is 0 Å². The van der Waals surface area contributed by atoms with E-state index in [1.165, 1.54) is 7.11 Å².